The number of likely N-dealkylation sites (tertiary alicyclic amines) is 1. The smallest absolute Gasteiger partial charge is 0.270 e. The molecule has 41 heavy (non-hydrogen) atoms. The van der Waals surface area contributed by atoms with Gasteiger partial charge in [0.15, 0.2) is 0 Å². The minimum atomic E-state index is -0.350. The van der Waals surface area contributed by atoms with Crippen molar-refractivity contribution in [2.45, 2.75) is 32.0 Å². The Labute approximate surface area is 237 Å². The largest absolute Gasteiger partial charge is 0.348 e. The molecule has 1 aliphatic rings. The third kappa shape index (κ3) is 7.21. The third-order valence-corrected chi connectivity index (χ3v) is 6.99. The molecule has 5 rings (SSSR count). The van der Waals surface area contributed by atoms with Crippen LogP contribution in [0.4, 0.5) is 5.69 Å². The van der Waals surface area contributed by atoms with E-state index in [1.807, 2.05) is 36.4 Å². The molecular weight excluding hydrogens is 516 g/mol. The van der Waals surface area contributed by atoms with Crippen LogP contribution in [-0.2, 0) is 13.1 Å². The summed E-state index contributed by atoms with van der Waals surface area (Å²) in [6.07, 6.45) is 6.35. The summed E-state index contributed by atoms with van der Waals surface area (Å²) in [5.41, 5.74) is 4.53. The van der Waals surface area contributed by atoms with E-state index in [0.29, 0.717) is 28.9 Å². The number of pyridine rings is 1. The van der Waals surface area contributed by atoms with Crippen LogP contribution < -0.4 is 10.6 Å². The number of nitrogens with zero attached hydrogens (tertiary/aromatic N) is 6. The standard InChI is InChI=1S/C31H28N8O2/c32-15-22-1-5-24(6-2-22)19-38-13-11-27(12-14-38)36-31(41)29-10-9-26(17-34-29)30(40)37-28-18-35-39(21-28)20-25-7-3-23(16-33)4-8-25/h1-10,17-18,21,27H,11-14,19-20H2,(H,36,41)(H,37,40). The molecule has 1 aliphatic heterocycles. The minimum Gasteiger partial charge on any atom is -0.348 e. The van der Waals surface area contributed by atoms with Crippen molar-refractivity contribution in [3.63, 3.8) is 0 Å². The molecule has 10 heteroatoms. The molecule has 0 unspecified atom stereocenters. The first-order valence-corrected chi connectivity index (χ1v) is 13.3. The molecule has 0 atom stereocenters. The van der Waals surface area contributed by atoms with Gasteiger partial charge in [0.05, 0.1) is 47.3 Å². The van der Waals surface area contributed by atoms with E-state index in [0.717, 1.165) is 43.6 Å². The number of carbonyl (C=O) groups is 2. The summed E-state index contributed by atoms with van der Waals surface area (Å²) < 4.78 is 1.69. The lowest BCUT2D eigenvalue weighted by Crippen LogP contribution is -2.44. The van der Waals surface area contributed by atoms with E-state index in [9.17, 15) is 9.59 Å². The van der Waals surface area contributed by atoms with Gasteiger partial charge in [-0.1, -0.05) is 24.3 Å². The molecule has 0 radical (unpaired) electrons. The van der Waals surface area contributed by atoms with E-state index in [-0.39, 0.29) is 23.6 Å². The predicted octanol–water partition coefficient (Wildman–Crippen LogP) is 3.72. The normalized spacial score (nSPS) is 13.6. The number of nitrogens with one attached hydrogen (secondary N) is 2. The quantitative estimate of drug-likeness (QED) is 0.345. The zero-order chi connectivity index (χ0) is 28.6. The van der Waals surface area contributed by atoms with Gasteiger partial charge < -0.3 is 10.6 Å². The molecule has 0 bridgehead atoms. The molecule has 204 valence electrons. The van der Waals surface area contributed by atoms with E-state index >= 15 is 0 Å². The van der Waals surface area contributed by atoms with Crippen molar-refractivity contribution < 1.29 is 9.59 Å². The number of carbonyl (C=O) groups excluding carboxylic acids is 2. The maximum Gasteiger partial charge on any atom is 0.270 e. The Kier molecular flexibility index (Phi) is 8.43. The lowest BCUT2D eigenvalue weighted by molar-refractivity contribution is 0.0902. The van der Waals surface area contributed by atoms with Crippen molar-refractivity contribution in [1.29, 1.82) is 10.5 Å². The molecule has 4 aromatic rings. The van der Waals surface area contributed by atoms with Crippen molar-refractivity contribution in [2.24, 2.45) is 0 Å². The van der Waals surface area contributed by atoms with Gasteiger partial charge in [0.25, 0.3) is 11.8 Å². The minimum absolute atomic E-state index is 0.0605. The van der Waals surface area contributed by atoms with Gasteiger partial charge in [-0.05, 0) is 60.4 Å². The Morgan fingerprint density at radius 2 is 1.46 bits per heavy atom. The molecule has 1 saturated heterocycles. The van der Waals surface area contributed by atoms with E-state index < -0.39 is 0 Å². The number of aromatic nitrogens is 3. The van der Waals surface area contributed by atoms with Crippen LogP contribution in [0.2, 0.25) is 0 Å². The van der Waals surface area contributed by atoms with Crippen LogP contribution in [0.3, 0.4) is 0 Å². The number of amides is 2. The van der Waals surface area contributed by atoms with Gasteiger partial charge in [-0.25, -0.2) is 0 Å². The Morgan fingerprint density at radius 1 is 0.829 bits per heavy atom. The summed E-state index contributed by atoms with van der Waals surface area (Å²) in [4.78, 5) is 32.0. The summed E-state index contributed by atoms with van der Waals surface area (Å²) in [5, 5.41) is 28.0. The summed E-state index contributed by atoms with van der Waals surface area (Å²) in [7, 11) is 0. The highest BCUT2D eigenvalue weighted by molar-refractivity contribution is 6.04. The first kappa shape index (κ1) is 27.3. The molecule has 2 N–H and O–H groups in total. The maximum absolute atomic E-state index is 12.8. The second-order valence-corrected chi connectivity index (χ2v) is 9.95. The van der Waals surface area contributed by atoms with Crippen molar-refractivity contribution in [1.82, 2.24) is 25.0 Å². The predicted molar refractivity (Wildman–Crippen MR) is 152 cm³/mol. The Bertz CT molecular complexity index is 1590. The highest BCUT2D eigenvalue weighted by Crippen LogP contribution is 2.16. The van der Waals surface area contributed by atoms with Crippen molar-refractivity contribution >= 4 is 17.5 Å². The molecule has 2 amide bonds. The fourth-order valence-corrected chi connectivity index (χ4v) is 4.69. The van der Waals surface area contributed by atoms with E-state index in [1.54, 1.807) is 41.3 Å². The second-order valence-electron chi connectivity index (χ2n) is 9.95. The van der Waals surface area contributed by atoms with Crippen LogP contribution in [-0.4, -0.2) is 50.6 Å². The monoisotopic (exact) mass is 544 g/mol. The van der Waals surface area contributed by atoms with E-state index in [2.05, 4.69) is 37.8 Å². The summed E-state index contributed by atoms with van der Waals surface area (Å²) in [5.74, 6) is -0.608. The van der Waals surface area contributed by atoms with Gasteiger partial charge in [0.2, 0.25) is 0 Å². The van der Waals surface area contributed by atoms with Crippen LogP contribution in [0, 0.1) is 22.7 Å². The first-order valence-electron chi connectivity index (χ1n) is 13.3. The van der Waals surface area contributed by atoms with Crippen molar-refractivity contribution in [3.05, 3.63) is 113 Å². The lowest BCUT2D eigenvalue weighted by atomic mass is 10.0. The van der Waals surface area contributed by atoms with Crippen LogP contribution >= 0.6 is 0 Å². The highest BCUT2D eigenvalue weighted by Gasteiger charge is 2.22. The Balaban J connectivity index is 1.08. The Morgan fingerprint density at radius 3 is 2.05 bits per heavy atom. The molecule has 0 spiro atoms. The highest BCUT2D eigenvalue weighted by atomic mass is 16.2. The average Bonchev–Trinajstić information content (AvgIpc) is 3.45. The van der Waals surface area contributed by atoms with Gasteiger partial charge in [-0.2, -0.15) is 15.6 Å². The fourth-order valence-electron chi connectivity index (χ4n) is 4.69. The number of rotatable bonds is 8. The maximum atomic E-state index is 12.8. The number of hydrogen-bond acceptors (Lipinski definition) is 7. The number of nitriles is 2. The Hall–Kier alpha value is -5.32. The molecule has 0 saturated carbocycles. The number of piperidine rings is 1. The van der Waals surface area contributed by atoms with Gasteiger partial charge in [0.1, 0.15) is 5.69 Å². The second kappa shape index (κ2) is 12.7. The molecular formula is C31H28N8O2. The van der Waals surface area contributed by atoms with E-state index in [1.165, 1.54) is 6.20 Å². The summed E-state index contributed by atoms with van der Waals surface area (Å²) in [6.45, 7) is 3.04. The zero-order valence-corrected chi connectivity index (χ0v) is 22.3. The van der Waals surface area contributed by atoms with Gasteiger partial charge >= 0.3 is 0 Å². The molecule has 2 aromatic heterocycles. The zero-order valence-electron chi connectivity index (χ0n) is 22.3. The molecule has 2 aromatic carbocycles. The number of benzene rings is 2. The first-order chi connectivity index (χ1) is 20.0. The summed E-state index contributed by atoms with van der Waals surface area (Å²) >= 11 is 0. The van der Waals surface area contributed by atoms with Crippen LogP contribution in [0.1, 0.15) is 55.9 Å². The third-order valence-electron chi connectivity index (χ3n) is 6.99. The van der Waals surface area contributed by atoms with Crippen molar-refractivity contribution in [3.8, 4) is 12.1 Å². The van der Waals surface area contributed by atoms with Crippen molar-refractivity contribution in [2.75, 3.05) is 18.4 Å². The van der Waals surface area contributed by atoms with Gasteiger partial charge in [-0.3, -0.25) is 24.2 Å². The van der Waals surface area contributed by atoms with Gasteiger partial charge in [0, 0.05) is 38.1 Å². The topological polar surface area (TPSA) is 140 Å². The molecule has 10 nitrogen and oxygen atoms in total. The SMILES string of the molecule is N#Cc1ccc(CN2CCC(NC(=O)c3ccc(C(=O)Nc4cnn(Cc5ccc(C#N)cc5)c4)cn3)CC2)cc1. The molecule has 1 fully saturated rings. The average molecular weight is 545 g/mol. The number of hydrogen-bond donors (Lipinski definition) is 2. The van der Waals surface area contributed by atoms with Crippen LogP contribution in [0.25, 0.3) is 0 Å². The number of anilines is 1. The molecule has 3 heterocycles. The fraction of sp³-hybridized carbons (Fsp3) is 0.226. The van der Waals surface area contributed by atoms with E-state index in [4.69, 9.17) is 10.5 Å². The van der Waals surface area contributed by atoms with Crippen LogP contribution in [0.5, 0.6) is 0 Å². The lowest BCUT2D eigenvalue weighted by Gasteiger charge is -2.32. The van der Waals surface area contributed by atoms with Gasteiger partial charge in [-0.15, -0.1) is 0 Å². The summed E-state index contributed by atoms with van der Waals surface area (Å²) in [6, 6.07) is 22.3. The molecule has 0 aliphatic carbocycles. The van der Waals surface area contributed by atoms with Crippen LogP contribution in [0.15, 0.2) is 79.3 Å².